The van der Waals surface area contributed by atoms with Crippen LogP contribution in [0.15, 0.2) is 60.2 Å². The van der Waals surface area contributed by atoms with E-state index in [1.165, 1.54) is 6.92 Å². The molecule has 0 aliphatic heterocycles. The summed E-state index contributed by atoms with van der Waals surface area (Å²) < 4.78 is 7.17. The highest BCUT2D eigenvalue weighted by molar-refractivity contribution is 6.01. The molecule has 0 aliphatic rings. The van der Waals surface area contributed by atoms with Crippen molar-refractivity contribution >= 4 is 23.6 Å². The number of benzene rings is 2. The summed E-state index contributed by atoms with van der Waals surface area (Å²) in [5.74, 6) is 0.179. The van der Waals surface area contributed by atoms with E-state index in [-0.39, 0.29) is 11.5 Å². The monoisotopic (exact) mass is 442 g/mol. The lowest BCUT2D eigenvalue weighted by Gasteiger charge is -2.11. The molecule has 7 nitrogen and oxygen atoms in total. The number of anilines is 1. The highest BCUT2D eigenvalue weighted by Gasteiger charge is 2.14. The van der Waals surface area contributed by atoms with Crippen molar-refractivity contribution < 1.29 is 14.3 Å². The molecule has 1 heterocycles. The fraction of sp³-hybridized carbons (Fsp3) is 0.192. The van der Waals surface area contributed by atoms with Crippen molar-refractivity contribution in [1.29, 1.82) is 5.26 Å². The highest BCUT2D eigenvalue weighted by atomic mass is 16.5. The van der Waals surface area contributed by atoms with Crippen LogP contribution in [0.2, 0.25) is 0 Å². The van der Waals surface area contributed by atoms with Gasteiger partial charge in [-0.2, -0.15) is 5.26 Å². The van der Waals surface area contributed by atoms with Gasteiger partial charge in [0.2, 0.25) is 5.91 Å². The van der Waals surface area contributed by atoms with Crippen LogP contribution in [0.5, 0.6) is 5.75 Å². The van der Waals surface area contributed by atoms with Crippen molar-refractivity contribution in [3.05, 3.63) is 82.7 Å². The molecule has 1 aromatic heterocycles. The first kappa shape index (κ1) is 23.4. The lowest BCUT2D eigenvalue weighted by molar-refractivity contribution is -0.117. The average molecular weight is 443 g/mol. The zero-order valence-electron chi connectivity index (χ0n) is 19.1. The minimum absolute atomic E-state index is 0.0322. The molecule has 2 amide bonds. The topological polar surface area (TPSA) is 96.2 Å². The predicted octanol–water partition coefficient (Wildman–Crippen LogP) is 4.28. The number of aryl methyl sites for hydroxylation is 1. The second kappa shape index (κ2) is 10.3. The van der Waals surface area contributed by atoms with Crippen LogP contribution >= 0.6 is 0 Å². The molecule has 2 N–H and O–H groups in total. The molecular weight excluding hydrogens is 416 g/mol. The Morgan fingerprint density at radius 2 is 1.76 bits per heavy atom. The Balaban J connectivity index is 1.78. The van der Waals surface area contributed by atoms with Gasteiger partial charge in [0.05, 0.1) is 7.11 Å². The van der Waals surface area contributed by atoms with Gasteiger partial charge in [0.25, 0.3) is 5.91 Å². The zero-order valence-corrected chi connectivity index (χ0v) is 19.1. The zero-order chi connectivity index (χ0) is 24.0. The number of amides is 2. The van der Waals surface area contributed by atoms with Crippen LogP contribution in [-0.4, -0.2) is 23.5 Å². The van der Waals surface area contributed by atoms with Crippen LogP contribution in [-0.2, 0) is 16.1 Å². The van der Waals surface area contributed by atoms with Gasteiger partial charge in [-0.15, -0.1) is 0 Å². The molecule has 0 atom stereocenters. The van der Waals surface area contributed by atoms with Crippen molar-refractivity contribution in [2.75, 3.05) is 12.4 Å². The molecular formula is C26H26N4O3. The largest absolute Gasteiger partial charge is 0.497 e. The Morgan fingerprint density at radius 1 is 1.09 bits per heavy atom. The van der Waals surface area contributed by atoms with Crippen molar-refractivity contribution in [3.8, 4) is 17.5 Å². The molecule has 168 valence electrons. The number of nitrogens with zero attached hydrogens (tertiary/aromatic N) is 2. The number of carbonyl (C=O) groups excluding carboxylic acids is 2. The number of ether oxygens (including phenoxy) is 1. The summed E-state index contributed by atoms with van der Waals surface area (Å²) in [5.41, 5.74) is 5.22. The Hall–Kier alpha value is -4.31. The van der Waals surface area contributed by atoms with E-state index in [0.717, 1.165) is 34.0 Å². The summed E-state index contributed by atoms with van der Waals surface area (Å²) in [5, 5.41) is 15.1. The van der Waals surface area contributed by atoms with Gasteiger partial charge in [-0.05, 0) is 73.5 Å². The van der Waals surface area contributed by atoms with E-state index >= 15 is 0 Å². The van der Waals surface area contributed by atoms with Gasteiger partial charge in [-0.25, -0.2) is 0 Å². The third-order valence-electron chi connectivity index (χ3n) is 5.19. The molecule has 0 spiro atoms. The maximum Gasteiger partial charge on any atom is 0.262 e. The van der Waals surface area contributed by atoms with Crippen molar-refractivity contribution in [1.82, 2.24) is 9.88 Å². The second-order valence-corrected chi connectivity index (χ2v) is 7.59. The number of carbonyl (C=O) groups is 2. The Bertz CT molecular complexity index is 1230. The van der Waals surface area contributed by atoms with Crippen LogP contribution in [0.4, 0.5) is 5.69 Å². The van der Waals surface area contributed by atoms with Crippen molar-refractivity contribution in [2.45, 2.75) is 27.3 Å². The smallest absolute Gasteiger partial charge is 0.262 e. The molecule has 0 saturated carbocycles. The third-order valence-corrected chi connectivity index (χ3v) is 5.19. The molecule has 0 radical (unpaired) electrons. The number of nitriles is 1. The first-order chi connectivity index (χ1) is 15.8. The van der Waals surface area contributed by atoms with Crippen molar-refractivity contribution in [3.63, 3.8) is 0 Å². The minimum Gasteiger partial charge on any atom is -0.497 e. The summed E-state index contributed by atoms with van der Waals surface area (Å²) in [4.78, 5) is 23.8. The van der Waals surface area contributed by atoms with E-state index in [1.807, 2.05) is 79.1 Å². The van der Waals surface area contributed by atoms with Gasteiger partial charge in [0.1, 0.15) is 17.4 Å². The van der Waals surface area contributed by atoms with E-state index in [0.29, 0.717) is 12.2 Å². The highest BCUT2D eigenvalue weighted by Crippen LogP contribution is 2.24. The maximum absolute atomic E-state index is 12.6. The first-order valence-corrected chi connectivity index (χ1v) is 10.4. The second-order valence-electron chi connectivity index (χ2n) is 7.59. The van der Waals surface area contributed by atoms with Gasteiger partial charge in [-0.3, -0.25) is 9.59 Å². The standard InChI is InChI=1S/C26H26N4O3/c1-17-13-21(18(2)30(17)24-9-7-23(8-10-24)29-19(3)31)14-22(15-27)26(32)28-16-20-5-11-25(33-4)12-6-20/h5-14H,16H2,1-4H3,(H,28,32)(H,29,31)/b22-14-. The molecule has 0 bridgehead atoms. The van der Waals surface area contributed by atoms with Gasteiger partial charge in [-0.1, -0.05) is 12.1 Å². The molecule has 0 unspecified atom stereocenters. The molecule has 0 fully saturated rings. The fourth-order valence-corrected chi connectivity index (χ4v) is 3.55. The van der Waals surface area contributed by atoms with Crippen LogP contribution in [0.1, 0.15) is 29.4 Å². The molecule has 3 rings (SSSR count). The number of rotatable bonds is 7. The van der Waals surface area contributed by atoms with Crippen LogP contribution in [0, 0.1) is 25.2 Å². The average Bonchev–Trinajstić information content (AvgIpc) is 3.09. The number of hydrogen-bond donors (Lipinski definition) is 2. The number of aromatic nitrogens is 1. The molecule has 2 aromatic carbocycles. The van der Waals surface area contributed by atoms with Crippen LogP contribution in [0.3, 0.4) is 0 Å². The van der Waals surface area contributed by atoms with E-state index in [4.69, 9.17) is 4.74 Å². The summed E-state index contributed by atoms with van der Waals surface area (Å²) in [6, 6.07) is 18.8. The Morgan fingerprint density at radius 3 is 2.33 bits per heavy atom. The van der Waals surface area contributed by atoms with Gasteiger partial charge < -0.3 is 19.9 Å². The van der Waals surface area contributed by atoms with E-state index in [9.17, 15) is 14.9 Å². The van der Waals surface area contributed by atoms with Crippen molar-refractivity contribution in [2.24, 2.45) is 0 Å². The number of nitrogens with one attached hydrogen (secondary N) is 2. The Labute approximate surface area is 193 Å². The van der Waals surface area contributed by atoms with Gasteiger partial charge >= 0.3 is 0 Å². The van der Waals surface area contributed by atoms with Crippen LogP contribution < -0.4 is 15.4 Å². The summed E-state index contributed by atoms with van der Waals surface area (Å²) in [7, 11) is 1.60. The lowest BCUT2D eigenvalue weighted by atomic mass is 10.1. The summed E-state index contributed by atoms with van der Waals surface area (Å²) >= 11 is 0. The molecule has 0 saturated heterocycles. The first-order valence-electron chi connectivity index (χ1n) is 10.4. The fourth-order valence-electron chi connectivity index (χ4n) is 3.55. The van der Waals surface area contributed by atoms with E-state index in [2.05, 4.69) is 10.6 Å². The van der Waals surface area contributed by atoms with Gasteiger partial charge in [0, 0.05) is 36.2 Å². The maximum atomic E-state index is 12.6. The normalized spacial score (nSPS) is 10.9. The lowest BCUT2D eigenvalue weighted by Crippen LogP contribution is -2.23. The number of hydrogen-bond acceptors (Lipinski definition) is 4. The minimum atomic E-state index is -0.433. The third kappa shape index (κ3) is 5.69. The SMILES string of the molecule is COc1ccc(CNC(=O)/C(C#N)=C\c2cc(C)n(-c3ccc(NC(C)=O)cc3)c2C)cc1. The van der Waals surface area contributed by atoms with Crippen LogP contribution in [0.25, 0.3) is 11.8 Å². The van der Waals surface area contributed by atoms with Gasteiger partial charge in [0.15, 0.2) is 0 Å². The molecule has 33 heavy (non-hydrogen) atoms. The van der Waals surface area contributed by atoms with E-state index < -0.39 is 5.91 Å². The quantitative estimate of drug-likeness (QED) is 0.422. The Kier molecular flexibility index (Phi) is 7.31. The molecule has 7 heteroatoms. The van der Waals surface area contributed by atoms with E-state index in [1.54, 1.807) is 13.2 Å². The predicted molar refractivity (Wildman–Crippen MR) is 128 cm³/mol. The number of methoxy groups -OCH3 is 1. The molecule has 0 aliphatic carbocycles. The summed E-state index contributed by atoms with van der Waals surface area (Å²) in [6.45, 7) is 5.67. The summed E-state index contributed by atoms with van der Waals surface area (Å²) in [6.07, 6.45) is 1.61. The molecule has 3 aromatic rings.